The molecule has 0 saturated heterocycles. The highest BCUT2D eigenvalue weighted by molar-refractivity contribution is 7.10. The van der Waals surface area contributed by atoms with Crippen LogP contribution in [-0.2, 0) is 6.61 Å². The molecule has 0 fully saturated rings. The molecule has 0 aliphatic carbocycles. The summed E-state index contributed by atoms with van der Waals surface area (Å²) < 4.78 is 5.94. The molecule has 0 aliphatic heterocycles. The van der Waals surface area contributed by atoms with Gasteiger partial charge in [-0.05, 0) is 77.3 Å². The minimum Gasteiger partial charge on any atom is -0.508 e. The first-order valence-electron chi connectivity index (χ1n) is 9.33. The van der Waals surface area contributed by atoms with Crippen molar-refractivity contribution < 1.29 is 9.84 Å². The van der Waals surface area contributed by atoms with Crippen LogP contribution in [0.25, 0.3) is 0 Å². The summed E-state index contributed by atoms with van der Waals surface area (Å²) in [6.45, 7) is 2.24. The van der Waals surface area contributed by atoms with Crippen LogP contribution in [0.2, 0.25) is 0 Å². The van der Waals surface area contributed by atoms with Crippen LogP contribution in [0.3, 0.4) is 0 Å². The van der Waals surface area contributed by atoms with Crippen LogP contribution in [0.15, 0.2) is 71.4 Å². The van der Waals surface area contributed by atoms with Gasteiger partial charge in [0.1, 0.15) is 18.1 Å². The summed E-state index contributed by atoms with van der Waals surface area (Å²) >= 11 is 3.25. The van der Waals surface area contributed by atoms with Crippen LogP contribution < -0.4 is 4.74 Å². The van der Waals surface area contributed by atoms with Crippen LogP contribution in [0.5, 0.6) is 11.5 Å². The molecule has 0 amide bonds. The Balaban J connectivity index is 1.61. The number of thiophene rings is 2. The fraction of sp³-hybridized carbons (Fsp3) is 0.0769. The lowest BCUT2D eigenvalue weighted by Gasteiger charge is -2.09. The fourth-order valence-corrected chi connectivity index (χ4v) is 3.91. The van der Waals surface area contributed by atoms with Crippen molar-refractivity contribution in [3.05, 3.63) is 103 Å². The van der Waals surface area contributed by atoms with Gasteiger partial charge in [0.15, 0.2) is 0 Å². The average molecular weight is 427 g/mol. The van der Waals surface area contributed by atoms with E-state index in [0.717, 1.165) is 32.0 Å². The van der Waals surface area contributed by atoms with Gasteiger partial charge in [0.2, 0.25) is 0 Å². The predicted molar refractivity (Wildman–Crippen MR) is 124 cm³/mol. The van der Waals surface area contributed by atoms with Gasteiger partial charge in [-0.3, -0.25) is 0 Å². The van der Waals surface area contributed by atoms with Crippen molar-refractivity contribution in [2.24, 2.45) is 0 Å². The number of hydrogen-bond acceptors (Lipinski definition) is 4. The Bertz CT molecular complexity index is 1190. The Labute approximate surface area is 184 Å². The number of rotatable bonds is 3. The van der Waals surface area contributed by atoms with E-state index in [1.54, 1.807) is 34.8 Å². The molecule has 2 aromatic carbocycles. The Morgan fingerprint density at radius 1 is 0.800 bits per heavy atom. The Morgan fingerprint density at radius 3 is 1.97 bits per heavy atom. The topological polar surface area (TPSA) is 29.5 Å². The maximum Gasteiger partial charge on any atom is 0.120 e. The monoisotopic (exact) mass is 426 g/mol. The number of benzene rings is 2. The number of aromatic hydroxyl groups is 1. The van der Waals surface area contributed by atoms with Crippen molar-refractivity contribution in [2.45, 2.75) is 13.5 Å². The first-order chi connectivity index (χ1) is 14.7. The minimum atomic E-state index is 0.263. The van der Waals surface area contributed by atoms with Crippen molar-refractivity contribution in [1.29, 1.82) is 0 Å². The number of ether oxygens (including phenoxy) is 1. The molecule has 0 unspecified atom stereocenters. The van der Waals surface area contributed by atoms with Crippen molar-refractivity contribution in [1.82, 2.24) is 0 Å². The summed E-state index contributed by atoms with van der Waals surface area (Å²) in [5, 5.41) is 13.7. The first kappa shape index (κ1) is 19.9. The van der Waals surface area contributed by atoms with Gasteiger partial charge < -0.3 is 9.84 Å². The number of phenols is 1. The Kier molecular flexibility index (Phi) is 6.20. The molecule has 4 rings (SSSR count). The van der Waals surface area contributed by atoms with Gasteiger partial charge in [-0.1, -0.05) is 35.8 Å². The summed E-state index contributed by atoms with van der Waals surface area (Å²) in [7, 11) is 0. The maximum absolute atomic E-state index is 9.69. The first-order valence-corrected chi connectivity index (χ1v) is 11.1. The molecule has 1 N–H and O–H groups in total. The third-order valence-corrected chi connectivity index (χ3v) is 5.84. The van der Waals surface area contributed by atoms with Crippen molar-refractivity contribution in [3.8, 4) is 35.2 Å². The molecule has 0 radical (unpaired) electrons. The lowest BCUT2D eigenvalue weighted by atomic mass is 10.1. The summed E-state index contributed by atoms with van der Waals surface area (Å²) in [5.74, 6) is 13.9. The highest BCUT2D eigenvalue weighted by Gasteiger charge is 2.03. The number of aryl methyl sites for hydroxylation is 1. The second kappa shape index (κ2) is 9.37. The molecule has 0 saturated carbocycles. The number of hydrogen-bond donors (Lipinski definition) is 1. The summed E-state index contributed by atoms with van der Waals surface area (Å²) in [6.07, 6.45) is 0. The highest BCUT2D eigenvalue weighted by Crippen LogP contribution is 2.23. The summed E-state index contributed by atoms with van der Waals surface area (Å²) in [6, 6.07) is 19.3. The maximum atomic E-state index is 9.69. The van der Waals surface area contributed by atoms with Crippen LogP contribution >= 0.6 is 22.7 Å². The average Bonchev–Trinajstić information content (AvgIpc) is 3.46. The van der Waals surface area contributed by atoms with E-state index in [4.69, 9.17) is 4.74 Å². The molecular formula is C26H18O2S2. The SMILES string of the molecule is Cc1cc(OCc2cc(C#Cc3cccs3)cc(C#Cc3cccs3)c2)ccc1O. The zero-order valence-electron chi connectivity index (χ0n) is 16.3. The van der Waals surface area contributed by atoms with E-state index in [0.29, 0.717) is 12.4 Å². The molecule has 30 heavy (non-hydrogen) atoms. The second-order valence-electron chi connectivity index (χ2n) is 6.61. The fourth-order valence-electron chi connectivity index (χ4n) is 2.77. The van der Waals surface area contributed by atoms with E-state index >= 15 is 0 Å². The van der Waals surface area contributed by atoms with Crippen molar-refractivity contribution in [2.75, 3.05) is 0 Å². The quantitative estimate of drug-likeness (QED) is 0.395. The molecule has 0 atom stereocenters. The summed E-state index contributed by atoms with van der Waals surface area (Å²) in [4.78, 5) is 2.06. The van der Waals surface area contributed by atoms with E-state index in [1.165, 1.54) is 0 Å². The van der Waals surface area contributed by atoms with Crippen LogP contribution in [0, 0.1) is 30.6 Å². The molecule has 2 aromatic heterocycles. The van der Waals surface area contributed by atoms with Gasteiger partial charge >= 0.3 is 0 Å². The Hall–Kier alpha value is -3.44. The van der Waals surface area contributed by atoms with E-state index < -0.39 is 0 Å². The van der Waals surface area contributed by atoms with Crippen molar-refractivity contribution >= 4 is 22.7 Å². The standard InChI is InChI=1S/C26H18O2S2/c1-19-14-23(8-11-26(19)27)28-18-22-16-20(6-9-24-4-2-12-29-24)15-21(17-22)7-10-25-5-3-13-30-25/h2-5,8,11-17,27H,18H2,1H3. The van der Waals surface area contributed by atoms with Gasteiger partial charge in [0.25, 0.3) is 0 Å². The van der Waals surface area contributed by atoms with Gasteiger partial charge in [-0.2, -0.15) is 0 Å². The second-order valence-corrected chi connectivity index (χ2v) is 8.51. The minimum absolute atomic E-state index is 0.263. The zero-order valence-corrected chi connectivity index (χ0v) is 17.9. The molecule has 0 bridgehead atoms. The molecule has 146 valence electrons. The van der Waals surface area contributed by atoms with Gasteiger partial charge in [0.05, 0.1) is 9.75 Å². The van der Waals surface area contributed by atoms with Crippen LogP contribution in [-0.4, -0.2) is 5.11 Å². The summed E-state index contributed by atoms with van der Waals surface area (Å²) in [5.41, 5.74) is 3.59. The predicted octanol–water partition coefficient (Wildman–Crippen LogP) is 6.20. The van der Waals surface area contributed by atoms with Gasteiger partial charge in [0, 0.05) is 11.1 Å². The number of phenolic OH excluding ortho intramolecular Hbond substituents is 1. The molecule has 4 aromatic rings. The largest absolute Gasteiger partial charge is 0.508 e. The van der Waals surface area contributed by atoms with E-state index in [2.05, 4.69) is 23.7 Å². The Morgan fingerprint density at radius 2 is 1.43 bits per heavy atom. The molecule has 2 nitrogen and oxygen atoms in total. The van der Waals surface area contributed by atoms with Gasteiger partial charge in [-0.25, -0.2) is 0 Å². The third-order valence-electron chi connectivity index (χ3n) is 4.27. The van der Waals surface area contributed by atoms with E-state index in [-0.39, 0.29) is 5.75 Å². The van der Waals surface area contributed by atoms with Crippen molar-refractivity contribution in [3.63, 3.8) is 0 Å². The normalized spacial score (nSPS) is 9.90. The molecule has 0 aliphatic rings. The molecule has 0 spiro atoms. The van der Waals surface area contributed by atoms with E-state index in [1.807, 2.05) is 66.2 Å². The van der Waals surface area contributed by atoms with Crippen LogP contribution in [0.4, 0.5) is 0 Å². The lowest BCUT2D eigenvalue weighted by molar-refractivity contribution is 0.305. The zero-order chi connectivity index (χ0) is 20.8. The van der Waals surface area contributed by atoms with E-state index in [9.17, 15) is 5.11 Å². The molecular weight excluding hydrogens is 408 g/mol. The molecule has 2 heterocycles. The van der Waals surface area contributed by atoms with Gasteiger partial charge in [-0.15, -0.1) is 22.7 Å². The third kappa shape index (κ3) is 5.33. The smallest absolute Gasteiger partial charge is 0.120 e. The van der Waals surface area contributed by atoms with Crippen LogP contribution in [0.1, 0.15) is 32.0 Å². The lowest BCUT2D eigenvalue weighted by Crippen LogP contribution is -1.97. The molecule has 4 heteroatoms. The highest BCUT2D eigenvalue weighted by atomic mass is 32.1.